The molecule has 0 bridgehead atoms. The maximum Gasteiger partial charge on any atom is 0.166 e. The molecule has 3 nitrogen and oxygen atoms in total. The molecular weight excluding hydrogens is 210 g/mol. The standard InChI is InChI=1S/C14H13N3/c1-10-5-7-11(8-6-10)17-14-4-2-3-12(14)13(9-15)16-17/h5-8H,2-4H2,1H3. The first-order valence-corrected chi connectivity index (χ1v) is 5.87. The maximum atomic E-state index is 9.08. The molecule has 17 heavy (non-hydrogen) atoms. The molecule has 0 unspecified atom stereocenters. The molecule has 3 heteroatoms. The summed E-state index contributed by atoms with van der Waals surface area (Å²) in [4.78, 5) is 0. The van der Waals surface area contributed by atoms with E-state index in [0.29, 0.717) is 5.69 Å². The van der Waals surface area contributed by atoms with Crippen molar-refractivity contribution in [2.24, 2.45) is 0 Å². The van der Waals surface area contributed by atoms with Crippen LogP contribution in [-0.4, -0.2) is 9.78 Å². The van der Waals surface area contributed by atoms with E-state index in [2.05, 4.69) is 42.4 Å². The summed E-state index contributed by atoms with van der Waals surface area (Å²) in [7, 11) is 0. The Labute approximate surface area is 100 Å². The van der Waals surface area contributed by atoms with Crippen molar-refractivity contribution in [2.75, 3.05) is 0 Å². The van der Waals surface area contributed by atoms with Crippen molar-refractivity contribution in [2.45, 2.75) is 26.2 Å². The SMILES string of the molecule is Cc1ccc(-n2nc(C#N)c3c2CCC3)cc1. The summed E-state index contributed by atoms with van der Waals surface area (Å²) in [6.45, 7) is 2.07. The van der Waals surface area contributed by atoms with Gasteiger partial charge < -0.3 is 0 Å². The Kier molecular flexibility index (Phi) is 2.22. The quantitative estimate of drug-likeness (QED) is 0.745. The summed E-state index contributed by atoms with van der Waals surface area (Å²) in [6, 6.07) is 10.5. The third kappa shape index (κ3) is 1.53. The van der Waals surface area contributed by atoms with Crippen molar-refractivity contribution in [1.29, 1.82) is 5.26 Å². The second kappa shape index (κ2) is 3.74. The van der Waals surface area contributed by atoms with Crippen molar-refractivity contribution in [3.05, 3.63) is 46.8 Å². The molecular formula is C14H13N3. The second-order valence-electron chi connectivity index (χ2n) is 4.49. The fourth-order valence-electron chi connectivity index (χ4n) is 2.43. The third-order valence-corrected chi connectivity index (χ3v) is 3.31. The molecule has 2 aromatic rings. The third-order valence-electron chi connectivity index (χ3n) is 3.31. The zero-order valence-electron chi connectivity index (χ0n) is 9.77. The number of hydrogen-bond donors (Lipinski definition) is 0. The van der Waals surface area contributed by atoms with Crippen LogP contribution in [0.2, 0.25) is 0 Å². The predicted molar refractivity (Wildman–Crippen MR) is 65.0 cm³/mol. The number of aryl methyl sites for hydroxylation is 1. The van der Waals surface area contributed by atoms with E-state index in [1.165, 1.54) is 11.3 Å². The van der Waals surface area contributed by atoms with Gasteiger partial charge in [0.1, 0.15) is 6.07 Å². The average Bonchev–Trinajstić information content (AvgIpc) is 2.91. The van der Waals surface area contributed by atoms with Gasteiger partial charge in [-0.15, -0.1) is 0 Å². The van der Waals surface area contributed by atoms with Crippen molar-refractivity contribution in [1.82, 2.24) is 9.78 Å². The molecule has 0 radical (unpaired) electrons. The van der Waals surface area contributed by atoms with Crippen LogP contribution in [0.4, 0.5) is 0 Å². The summed E-state index contributed by atoms with van der Waals surface area (Å²) < 4.78 is 1.93. The number of aromatic nitrogens is 2. The number of nitriles is 1. The van der Waals surface area contributed by atoms with Gasteiger partial charge in [-0.05, 0) is 38.3 Å². The van der Waals surface area contributed by atoms with Gasteiger partial charge in [0.05, 0.1) is 5.69 Å². The Bertz CT molecular complexity index is 600. The Morgan fingerprint density at radius 2 is 2.00 bits per heavy atom. The molecule has 0 N–H and O–H groups in total. The number of nitrogens with zero attached hydrogens (tertiary/aromatic N) is 3. The Balaban J connectivity index is 2.16. The van der Waals surface area contributed by atoms with E-state index >= 15 is 0 Å². The second-order valence-corrected chi connectivity index (χ2v) is 4.49. The van der Waals surface area contributed by atoms with Gasteiger partial charge in [-0.3, -0.25) is 0 Å². The zero-order chi connectivity index (χ0) is 11.8. The lowest BCUT2D eigenvalue weighted by molar-refractivity contribution is 0.779. The highest BCUT2D eigenvalue weighted by molar-refractivity contribution is 5.44. The minimum absolute atomic E-state index is 0.595. The Morgan fingerprint density at radius 1 is 1.24 bits per heavy atom. The summed E-state index contributed by atoms with van der Waals surface area (Å²) in [5.41, 5.74) is 5.24. The van der Waals surface area contributed by atoms with Gasteiger partial charge in [0, 0.05) is 11.3 Å². The van der Waals surface area contributed by atoms with Gasteiger partial charge in [0.2, 0.25) is 0 Å². The van der Waals surface area contributed by atoms with Crippen molar-refractivity contribution in [3.63, 3.8) is 0 Å². The van der Waals surface area contributed by atoms with E-state index in [1.807, 2.05) is 4.68 Å². The monoisotopic (exact) mass is 223 g/mol. The highest BCUT2D eigenvalue weighted by atomic mass is 15.3. The number of fused-ring (bicyclic) bond motifs is 1. The zero-order valence-corrected chi connectivity index (χ0v) is 9.77. The van der Waals surface area contributed by atoms with Crippen LogP contribution in [0.1, 0.15) is 28.9 Å². The molecule has 0 saturated carbocycles. The molecule has 1 heterocycles. The number of rotatable bonds is 1. The van der Waals surface area contributed by atoms with E-state index in [9.17, 15) is 0 Å². The van der Waals surface area contributed by atoms with Gasteiger partial charge in [0.25, 0.3) is 0 Å². The normalized spacial score (nSPS) is 13.4. The van der Waals surface area contributed by atoms with Crippen LogP contribution in [0, 0.1) is 18.3 Å². The number of hydrogen-bond acceptors (Lipinski definition) is 2. The van der Waals surface area contributed by atoms with Crippen LogP contribution in [-0.2, 0) is 12.8 Å². The molecule has 0 amide bonds. The lowest BCUT2D eigenvalue weighted by Crippen LogP contribution is -2.01. The first-order chi connectivity index (χ1) is 8.29. The van der Waals surface area contributed by atoms with E-state index in [1.54, 1.807) is 0 Å². The van der Waals surface area contributed by atoms with Crippen molar-refractivity contribution in [3.8, 4) is 11.8 Å². The van der Waals surface area contributed by atoms with E-state index < -0.39 is 0 Å². The highest BCUT2D eigenvalue weighted by Gasteiger charge is 2.22. The van der Waals surface area contributed by atoms with Gasteiger partial charge in [0.15, 0.2) is 5.69 Å². The molecule has 0 saturated heterocycles. The van der Waals surface area contributed by atoms with Crippen LogP contribution in [0.3, 0.4) is 0 Å². The minimum atomic E-state index is 0.595. The smallest absolute Gasteiger partial charge is 0.166 e. The van der Waals surface area contributed by atoms with E-state index in [-0.39, 0.29) is 0 Å². The lowest BCUT2D eigenvalue weighted by Gasteiger charge is -2.05. The molecule has 1 aromatic heterocycles. The van der Waals surface area contributed by atoms with Crippen LogP contribution < -0.4 is 0 Å². The number of benzene rings is 1. The van der Waals surface area contributed by atoms with Gasteiger partial charge in [-0.2, -0.15) is 10.4 Å². The van der Waals surface area contributed by atoms with Gasteiger partial charge >= 0.3 is 0 Å². The van der Waals surface area contributed by atoms with Crippen LogP contribution in [0.25, 0.3) is 5.69 Å². The first-order valence-electron chi connectivity index (χ1n) is 5.87. The Morgan fingerprint density at radius 3 is 2.71 bits per heavy atom. The molecule has 1 aromatic carbocycles. The molecule has 0 atom stereocenters. The molecule has 1 aliphatic carbocycles. The largest absolute Gasteiger partial charge is 0.236 e. The minimum Gasteiger partial charge on any atom is -0.236 e. The molecule has 1 aliphatic rings. The van der Waals surface area contributed by atoms with Crippen molar-refractivity contribution >= 4 is 0 Å². The fraction of sp³-hybridized carbons (Fsp3) is 0.286. The van der Waals surface area contributed by atoms with E-state index in [0.717, 1.165) is 30.5 Å². The molecule has 3 rings (SSSR count). The fourth-order valence-corrected chi connectivity index (χ4v) is 2.43. The van der Waals surface area contributed by atoms with Crippen LogP contribution in [0.15, 0.2) is 24.3 Å². The maximum absolute atomic E-state index is 9.08. The average molecular weight is 223 g/mol. The lowest BCUT2D eigenvalue weighted by atomic mass is 10.2. The molecule has 0 aliphatic heterocycles. The van der Waals surface area contributed by atoms with Crippen LogP contribution in [0.5, 0.6) is 0 Å². The highest BCUT2D eigenvalue weighted by Crippen LogP contribution is 2.27. The van der Waals surface area contributed by atoms with Crippen molar-refractivity contribution < 1.29 is 0 Å². The molecule has 0 fully saturated rings. The molecule has 84 valence electrons. The topological polar surface area (TPSA) is 41.6 Å². The summed E-state index contributed by atoms with van der Waals surface area (Å²) >= 11 is 0. The predicted octanol–water partition coefficient (Wildman–Crippen LogP) is 2.54. The van der Waals surface area contributed by atoms with Crippen LogP contribution >= 0.6 is 0 Å². The molecule has 0 spiro atoms. The summed E-state index contributed by atoms with van der Waals surface area (Å²) in [5, 5.41) is 13.5. The van der Waals surface area contributed by atoms with Gasteiger partial charge in [-0.1, -0.05) is 17.7 Å². The summed E-state index contributed by atoms with van der Waals surface area (Å²) in [6.07, 6.45) is 3.15. The van der Waals surface area contributed by atoms with E-state index in [4.69, 9.17) is 5.26 Å². The first kappa shape index (κ1) is 10.1. The Hall–Kier alpha value is -2.08. The summed E-state index contributed by atoms with van der Waals surface area (Å²) in [5.74, 6) is 0. The van der Waals surface area contributed by atoms with Gasteiger partial charge in [-0.25, -0.2) is 4.68 Å².